The van der Waals surface area contributed by atoms with Crippen molar-refractivity contribution in [3.05, 3.63) is 35.9 Å². The molecule has 1 aromatic carbocycles. The Morgan fingerprint density at radius 1 is 1.38 bits per heavy atom. The van der Waals surface area contributed by atoms with Gasteiger partial charge >= 0.3 is 6.09 Å². The van der Waals surface area contributed by atoms with Crippen molar-refractivity contribution in [3.8, 4) is 0 Å². The number of hydrogen-bond acceptors (Lipinski definition) is 5. The molecule has 0 spiro atoms. The number of carbonyl (C=O) groups is 1. The van der Waals surface area contributed by atoms with Gasteiger partial charge in [0.1, 0.15) is 24.9 Å². The summed E-state index contributed by atoms with van der Waals surface area (Å²) >= 11 is 0. The molecular formula is C18H25NO5. The molecule has 2 aliphatic rings. The summed E-state index contributed by atoms with van der Waals surface area (Å²) in [5.41, 5.74) is 0.931. The van der Waals surface area contributed by atoms with Crippen LogP contribution in [0.4, 0.5) is 4.79 Å². The van der Waals surface area contributed by atoms with Crippen LogP contribution in [-0.2, 0) is 20.8 Å². The standard InChI is InChI=1S/C18H25NO5/c1-2-3-9-22-15-10-19(16-14(20)12-23-17(15)16)18(21)24-11-13-7-5-4-6-8-13/h4-8,14-17,20H,2-3,9-12H2,1H3/t14-,15-,16+,17?/m0/s1. The maximum Gasteiger partial charge on any atom is 0.410 e. The van der Waals surface area contributed by atoms with Crippen LogP contribution in [0.5, 0.6) is 0 Å². The fourth-order valence-corrected chi connectivity index (χ4v) is 3.28. The number of carbonyl (C=O) groups excluding carboxylic acids is 1. The minimum atomic E-state index is -0.695. The Hall–Kier alpha value is -1.63. The smallest absolute Gasteiger partial charge is 0.410 e. The highest BCUT2D eigenvalue weighted by Gasteiger charge is 2.53. The van der Waals surface area contributed by atoms with Crippen molar-refractivity contribution in [2.75, 3.05) is 19.8 Å². The Labute approximate surface area is 142 Å². The molecule has 6 nitrogen and oxygen atoms in total. The van der Waals surface area contributed by atoms with Crippen LogP contribution in [0.25, 0.3) is 0 Å². The SMILES string of the molecule is CCCCO[C@H]1CN(C(=O)OCc2ccccc2)[C@H]2C1OC[C@@H]2O. The molecule has 1 aromatic rings. The third-order valence-electron chi connectivity index (χ3n) is 4.56. The topological polar surface area (TPSA) is 68.2 Å². The van der Waals surface area contributed by atoms with Gasteiger partial charge in [-0.3, -0.25) is 4.90 Å². The number of ether oxygens (including phenoxy) is 3. The Kier molecular flexibility index (Phi) is 5.71. The van der Waals surface area contributed by atoms with Crippen molar-refractivity contribution in [3.63, 3.8) is 0 Å². The summed E-state index contributed by atoms with van der Waals surface area (Å²) in [5, 5.41) is 10.2. The van der Waals surface area contributed by atoms with Crippen LogP contribution in [0.2, 0.25) is 0 Å². The average Bonchev–Trinajstić information content (AvgIpc) is 3.15. The lowest BCUT2D eigenvalue weighted by Crippen LogP contribution is -2.44. The molecule has 1 unspecified atom stereocenters. The van der Waals surface area contributed by atoms with E-state index in [9.17, 15) is 9.90 Å². The van der Waals surface area contributed by atoms with Crippen molar-refractivity contribution in [2.24, 2.45) is 0 Å². The molecule has 132 valence electrons. The number of hydrogen-bond donors (Lipinski definition) is 1. The average molecular weight is 335 g/mol. The molecule has 0 saturated carbocycles. The van der Waals surface area contributed by atoms with Gasteiger partial charge in [-0.1, -0.05) is 43.7 Å². The van der Waals surface area contributed by atoms with E-state index in [0.29, 0.717) is 13.2 Å². The molecule has 0 bridgehead atoms. The number of benzene rings is 1. The van der Waals surface area contributed by atoms with Crippen molar-refractivity contribution < 1.29 is 24.1 Å². The number of aliphatic hydroxyl groups excluding tert-OH is 1. The predicted octanol–water partition coefficient (Wildman–Crippen LogP) is 1.95. The van der Waals surface area contributed by atoms with Crippen molar-refractivity contribution >= 4 is 6.09 Å². The Morgan fingerprint density at radius 3 is 2.92 bits per heavy atom. The van der Waals surface area contributed by atoms with Gasteiger partial charge < -0.3 is 19.3 Å². The van der Waals surface area contributed by atoms with Gasteiger partial charge in [-0.2, -0.15) is 0 Å². The van der Waals surface area contributed by atoms with E-state index in [0.717, 1.165) is 18.4 Å². The summed E-state index contributed by atoms with van der Waals surface area (Å²) in [4.78, 5) is 14.0. The second-order valence-corrected chi connectivity index (χ2v) is 6.31. The van der Waals surface area contributed by atoms with Crippen LogP contribution in [0.15, 0.2) is 30.3 Å². The molecule has 3 rings (SSSR count). The molecule has 6 heteroatoms. The number of likely N-dealkylation sites (tertiary alicyclic amines) is 1. The second kappa shape index (κ2) is 7.96. The van der Waals surface area contributed by atoms with E-state index in [1.807, 2.05) is 30.3 Å². The number of unbranched alkanes of at least 4 members (excludes halogenated alkanes) is 1. The zero-order chi connectivity index (χ0) is 16.9. The molecule has 1 N–H and O–H groups in total. The summed E-state index contributed by atoms with van der Waals surface area (Å²) in [6, 6.07) is 9.15. The quantitative estimate of drug-likeness (QED) is 0.805. The number of nitrogens with zero attached hydrogens (tertiary/aromatic N) is 1. The van der Waals surface area contributed by atoms with Gasteiger partial charge in [0.2, 0.25) is 0 Å². The molecule has 2 aliphatic heterocycles. The van der Waals surface area contributed by atoms with E-state index in [1.165, 1.54) is 0 Å². The number of rotatable bonds is 6. The lowest BCUT2D eigenvalue weighted by atomic mass is 10.1. The third-order valence-corrected chi connectivity index (χ3v) is 4.56. The monoisotopic (exact) mass is 335 g/mol. The molecule has 2 saturated heterocycles. The van der Waals surface area contributed by atoms with Gasteiger partial charge in [0.25, 0.3) is 0 Å². The normalized spacial score (nSPS) is 28.8. The maximum atomic E-state index is 12.5. The highest BCUT2D eigenvalue weighted by Crippen LogP contribution is 2.32. The zero-order valence-electron chi connectivity index (χ0n) is 14.0. The van der Waals surface area contributed by atoms with Gasteiger partial charge in [-0.25, -0.2) is 4.79 Å². The minimum Gasteiger partial charge on any atom is -0.445 e. The summed E-state index contributed by atoms with van der Waals surface area (Å²) in [7, 11) is 0. The second-order valence-electron chi connectivity index (χ2n) is 6.31. The lowest BCUT2D eigenvalue weighted by molar-refractivity contribution is -0.0331. The summed E-state index contributed by atoms with van der Waals surface area (Å²) in [6.07, 6.45) is 0.408. The van der Waals surface area contributed by atoms with E-state index >= 15 is 0 Å². The largest absolute Gasteiger partial charge is 0.445 e. The van der Waals surface area contributed by atoms with Gasteiger partial charge in [0.05, 0.1) is 19.2 Å². The Morgan fingerprint density at radius 2 is 2.17 bits per heavy atom. The van der Waals surface area contributed by atoms with Crippen molar-refractivity contribution in [1.82, 2.24) is 4.90 Å². The first-order chi connectivity index (χ1) is 11.7. The molecule has 0 aliphatic carbocycles. The fraction of sp³-hybridized carbons (Fsp3) is 0.611. The van der Waals surface area contributed by atoms with Gasteiger partial charge in [0.15, 0.2) is 0 Å². The first kappa shape index (κ1) is 17.2. The fourth-order valence-electron chi connectivity index (χ4n) is 3.28. The van der Waals surface area contributed by atoms with E-state index in [2.05, 4.69) is 6.92 Å². The van der Waals surface area contributed by atoms with Gasteiger partial charge in [-0.05, 0) is 12.0 Å². The van der Waals surface area contributed by atoms with Crippen LogP contribution < -0.4 is 0 Å². The zero-order valence-corrected chi connectivity index (χ0v) is 14.0. The van der Waals surface area contributed by atoms with Crippen molar-refractivity contribution in [2.45, 2.75) is 50.7 Å². The molecule has 1 amide bonds. The van der Waals surface area contributed by atoms with Gasteiger partial charge in [-0.15, -0.1) is 0 Å². The molecule has 2 heterocycles. The summed E-state index contributed by atoms with van der Waals surface area (Å²) in [6.45, 7) is 3.57. The highest BCUT2D eigenvalue weighted by atomic mass is 16.6. The molecule has 0 aromatic heterocycles. The molecule has 0 radical (unpaired) electrons. The highest BCUT2D eigenvalue weighted by molar-refractivity contribution is 5.69. The first-order valence-corrected chi connectivity index (χ1v) is 8.59. The number of aliphatic hydroxyl groups is 1. The van der Waals surface area contributed by atoms with E-state index < -0.39 is 12.2 Å². The number of amides is 1. The van der Waals surface area contributed by atoms with Crippen LogP contribution in [0.3, 0.4) is 0 Å². The molecule has 2 fully saturated rings. The molecule has 24 heavy (non-hydrogen) atoms. The Balaban J connectivity index is 1.60. The third kappa shape index (κ3) is 3.71. The van der Waals surface area contributed by atoms with Crippen LogP contribution in [0.1, 0.15) is 25.3 Å². The van der Waals surface area contributed by atoms with E-state index in [-0.39, 0.29) is 31.5 Å². The predicted molar refractivity (Wildman–Crippen MR) is 87.5 cm³/mol. The van der Waals surface area contributed by atoms with Gasteiger partial charge in [0, 0.05) is 6.61 Å². The van der Waals surface area contributed by atoms with E-state index in [1.54, 1.807) is 4.90 Å². The first-order valence-electron chi connectivity index (χ1n) is 8.59. The molecule has 4 atom stereocenters. The number of fused-ring (bicyclic) bond motifs is 1. The maximum absolute atomic E-state index is 12.5. The van der Waals surface area contributed by atoms with Crippen LogP contribution >= 0.6 is 0 Å². The Bertz CT molecular complexity index is 537. The minimum absolute atomic E-state index is 0.206. The van der Waals surface area contributed by atoms with Crippen LogP contribution in [0, 0.1) is 0 Å². The van der Waals surface area contributed by atoms with Crippen LogP contribution in [-0.4, -0.2) is 60.2 Å². The van der Waals surface area contributed by atoms with E-state index in [4.69, 9.17) is 14.2 Å². The summed E-state index contributed by atoms with van der Waals surface area (Å²) in [5.74, 6) is 0. The van der Waals surface area contributed by atoms with Crippen molar-refractivity contribution in [1.29, 1.82) is 0 Å². The lowest BCUT2D eigenvalue weighted by Gasteiger charge is -2.24. The molecular weight excluding hydrogens is 310 g/mol. The summed E-state index contributed by atoms with van der Waals surface area (Å²) < 4.78 is 16.9.